The van der Waals surface area contributed by atoms with Gasteiger partial charge in [-0.15, -0.1) is 0 Å². The molecule has 0 saturated carbocycles. The predicted molar refractivity (Wildman–Crippen MR) is 120 cm³/mol. The minimum absolute atomic E-state index is 0.309. The second-order valence-corrected chi connectivity index (χ2v) is 8.44. The van der Waals surface area contributed by atoms with E-state index < -0.39 is 0 Å². The lowest BCUT2D eigenvalue weighted by Crippen LogP contribution is -2.44. The maximum Gasteiger partial charge on any atom is 0.191 e. The van der Waals surface area contributed by atoms with Crippen molar-refractivity contribution in [3.05, 3.63) is 35.4 Å². The highest BCUT2D eigenvalue weighted by molar-refractivity contribution is 5.79. The molecule has 29 heavy (non-hydrogen) atoms. The number of ether oxygens (including phenoxy) is 2. The molecule has 1 aromatic rings. The third-order valence-electron chi connectivity index (χ3n) is 4.82. The first-order valence-corrected chi connectivity index (χ1v) is 10.9. The Bertz CT molecular complexity index is 593. The Balaban J connectivity index is 1.67. The fourth-order valence-corrected chi connectivity index (χ4v) is 3.54. The van der Waals surface area contributed by atoms with Crippen molar-refractivity contribution in [3.8, 4) is 0 Å². The topological polar surface area (TPSA) is 58.1 Å². The Kier molecular flexibility index (Phi) is 10.5. The van der Waals surface area contributed by atoms with Crippen molar-refractivity contribution in [2.75, 3.05) is 39.9 Å². The highest BCUT2D eigenvalue weighted by atomic mass is 16.5. The fraction of sp³-hybridized carbons (Fsp3) is 0.696. The van der Waals surface area contributed by atoms with Gasteiger partial charge in [-0.3, -0.25) is 9.89 Å². The molecule has 1 fully saturated rings. The van der Waals surface area contributed by atoms with E-state index in [4.69, 9.17) is 9.47 Å². The second kappa shape index (κ2) is 12.8. The molecule has 2 rings (SSSR count). The van der Waals surface area contributed by atoms with Crippen molar-refractivity contribution >= 4 is 5.96 Å². The average molecular weight is 405 g/mol. The Labute approximate surface area is 177 Å². The number of rotatable bonds is 10. The smallest absolute Gasteiger partial charge is 0.191 e. The van der Waals surface area contributed by atoms with Gasteiger partial charge in [0.05, 0.1) is 12.2 Å². The summed E-state index contributed by atoms with van der Waals surface area (Å²) in [7, 11) is 1.80. The summed E-state index contributed by atoms with van der Waals surface area (Å²) in [6, 6.07) is 8.85. The van der Waals surface area contributed by atoms with Crippen LogP contribution in [-0.4, -0.2) is 63.0 Å². The highest BCUT2D eigenvalue weighted by Crippen LogP contribution is 2.14. The van der Waals surface area contributed by atoms with Gasteiger partial charge in [-0.05, 0) is 37.3 Å². The molecule has 2 atom stereocenters. The number of hydrogen-bond acceptors (Lipinski definition) is 4. The van der Waals surface area contributed by atoms with E-state index in [0.717, 1.165) is 58.3 Å². The van der Waals surface area contributed by atoms with Gasteiger partial charge in [-0.1, -0.05) is 38.1 Å². The van der Waals surface area contributed by atoms with E-state index in [1.165, 1.54) is 11.1 Å². The van der Waals surface area contributed by atoms with Gasteiger partial charge in [-0.25, -0.2) is 0 Å². The summed E-state index contributed by atoms with van der Waals surface area (Å²) in [5, 5.41) is 6.72. The molecular weight excluding hydrogens is 364 g/mol. The second-order valence-electron chi connectivity index (χ2n) is 8.44. The van der Waals surface area contributed by atoms with Crippen LogP contribution in [0.1, 0.15) is 45.2 Å². The molecule has 0 bridgehead atoms. The predicted octanol–water partition coefficient (Wildman–Crippen LogP) is 3.02. The lowest BCUT2D eigenvalue weighted by Gasteiger charge is -2.35. The molecule has 0 spiro atoms. The van der Waals surface area contributed by atoms with Crippen LogP contribution in [0.25, 0.3) is 0 Å². The van der Waals surface area contributed by atoms with Gasteiger partial charge in [-0.2, -0.15) is 0 Å². The van der Waals surface area contributed by atoms with Gasteiger partial charge in [0.15, 0.2) is 5.96 Å². The molecule has 164 valence electrons. The van der Waals surface area contributed by atoms with Crippen LogP contribution in [-0.2, 0) is 22.6 Å². The number of guanidine groups is 1. The summed E-state index contributed by atoms with van der Waals surface area (Å²) in [4.78, 5) is 6.77. The van der Waals surface area contributed by atoms with Gasteiger partial charge < -0.3 is 20.1 Å². The van der Waals surface area contributed by atoms with Crippen molar-refractivity contribution in [3.63, 3.8) is 0 Å². The van der Waals surface area contributed by atoms with Crippen LogP contribution in [0.2, 0.25) is 0 Å². The van der Waals surface area contributed by atoms with Gasteiger partial charge in [0.2, 0.25) is 0 Å². The standard InChI is InChI=1S/C23H40N4O2/c1-18(2)17-28-12-6-11-25-23(24-5)26-13-21-7-9-22(10-8-21)16-27-14-19(3)29-20(4)15-27/h7-10,18-20H,6,11-17H2,1-5H3,(H2,24,25,26). The van der Waals surface area contributed by atoms with Crippen molar-refractivity contribution < 1.29 is 9.47 Å². The van der Waals surface area contributed by atoms with Crippen LogP contribution >= 0.6 is 0 Å². The van der Waals surface area contributed by atoms with Crippen molar-refractivity contribution in [1.29, 1.82) is 0 Å². The molecule has 6 nitrogen and oxygen atoms in total. The first-order chi connectivity index (χ1) is 14.0. The van der Waals surface area contributed by atoms with Crippen LogP contribution < -0.4 is 10.6 Å². The number of nitrogens with zero attached hydrogens (tertiary/aromatic N) is 2. The zero-order chi connectivity index (χ0) is 21.1. The molecule has 0 aliphatic carbocycles. The molecule has 1 heterocycles. The van der Waals surface area contributed by atoms with Gasteiger partial charge in [0, 0.05) is 53.0 Å². The summed E-state index contributed by atoms with van der Waals surface area (Å²) in [6.45, 7) is 14.8. The maximum absolute atomic E-state index is 5.82. The highest BCUT2D eigenvalue weighted by Gasteiger charge is 2.21. The number of nitrogens with one attached hydrogen (secondary N) is 2. The molecule has 1 aromatic carbocycles. The van der Waals surface area contributed by atoms with E-state index in [2.05, 4.69) is 72.5 Å². The van der Waals surface area contributed by atoms with E-state index in [9.17, 15) is 0 Å². The Morgan fingerprint density at radius 3 is 2.41 bits per heavy atom. The molecule has 1 aliphatic heterocycles. The number of morpholine rings is 1. The number of benzene rings is 1. The minimum Gasteiger partial charge on any atom is -0.381 e. The van der Waals surface area contributed by atoms with E-state index in [1.807, 2.05) is 0 Å². The summed E-state index contributed by atoms with van der Waals surface area (Å²) in [6.07, 6.45) is 1.59. The van der Waals surface area contributed by atoms with Crippen LogP contribution in [0, 0.1) is 5.92 Å². The summed E-state index contributed by atoms with van der Waals surface area (Å²) in [5.74, 6) is 1.42. The SMILES string of the molecule is CN=C(NCCCOCC(C)C)NCc1ccc(CN2CC(C)OC(C)C2)cc1. The monoisotopic (exact) mass is 404 g/mol. The number of aliphatic imine (C=N–C) groups is 1. The van der Waals surface area contributed by atoms with Crippen molar-refractivity contribution in [1.82, 2.24) is 15.5 Å². The quantitative estimate of drug-likeness (QED) is 0.357. The molecule has 2 unspecified atom stereocenters. The fourth-order valence-electron chi connectivity index (χ4n) is 3.54. The summed E-state index contributed by atoms with van der Waals surface area (Å²) < 4.78 is 11.4. The third-order valence-corrected chi connectivity index (χ3v) is 4.82. The molecule has 0 radical (unpaired) electrons. The zero-order valence-electron chi connectivity index (χ0n) is 18.9. The van der Waals surface area contributed by atoms with E-state index >= 15 is 0 Å². The molecule has 0 amide bonds. The lowest BCUT2D eigenvalue weighted by molar-refractivity contribution is -0.0704. The minimum atomic E-state index is 0.309. The van der Waals surface area contributed by atoms with E-state index in [0.29, 0.717) is 18.1 Å². The normalized spacial score (nSPS) is 20.8. The van der Waals surface area contributed by atoms with Gasteiger partial charge >= 0.3 is 0 Å². The summed E-state index contributed by atoms with van der Waals surface area (Å²) >= 11 is 0. The van der Waals surface area contributed by atoms with Crippen LogP contribution in [0.5, 0.6) is 0 Å². The Morgan fingerprint density at radius 1 is 1.14 bits per heavy atom. The van der Waals surface area contributed by atoms with E-state index in [-0.39, 0.29) is 0 Å². The van der Waals surface area contributed by atoms with Gasteiger partial charge in [0.25, 0.3) is 0 Å². The largest absolute Gasteiger partial charge is 0.381 e. The first-order valence-electron chi connectivity index (χ1n) is 10.9. The van der Waals surface area contributed by atoms with Crippen LogP contribution in [0.4, 0.5) is 0 Å². The zero-order valence-corrected chi connectivity index (χ0v) is 18.9. The van der Waals surface area contributed by atoms with E-state index in [1.54, 1.807) is 7.05 Å². The number of hydrogen-bond donors (Lipinski definition) is 2. The van der Waals surface area contributed by atoms with Crippen LogP contribution in [0.3, 0.4) is 0 Å². The summed E-state index contributed by atoms with van der Waals surface area (Å²) in [5.41, 5.74) is 2.60. The molecule has 0 aromatic heterocycles. The molecule has 2 N–H and O–H groups in total. The lowest BCUT2D eigenvalue weighted by atomic mass is 10.1. The average Bonchev–Trinajstić information content (AvgIpc) is 2.67. The maximum atomic E-state index is 5.82. The van der Waals surface area contributed by atoms with Crippen LogP contribution in [0.15, 0.2) is 29.3 Å². The van der Waals surface area contributed by atoms with Crippen molar-refractivity contribution in [2.45, 2.75) is 59.4 Å². The molecule has 6 heteroatoms. The third kappa shape index (κ3) is 9.61. The Morgan fingerprint density at radius 2 is 1.79 bits per heavy atom. The Hall–Kier alpha value is -1.63. The molecule has 1 aliphatic rings. The first kappa shape index (κ1) is 23.6. The van der Waals surface area contributed by atoms with Gasteiger partial charge in [0.1, 0.15) is 0 Å². The molecule has 1 saturated heterocycles. The van der Waals surface area contributed by atoms with Crippen molar-refractivity contribution in [2.24, 2.45) is 10.9 Å². The molecular formula is C23H40N4O2.